The quantitative estimate of drug-likeness (QED) is 0.714. The average molecular weight is 270 g/mol. The van der Waals surface area contributed by atoms with E-state index in [1.54, 1.807) is 0 Å². The van der Waals surface area contributed by atoms with Crippen LogP contribution in [0.3, 0.4) is 0 Å². The molecule has 2 aliphatic heterocycles. The van der Waals surface area contributed by atoms with Crippen molar-refractivity contribution in [2.75, 3.05) is 33.3 Å². The van der Waals surface area contributed by atoms with Gasteiger partial charge in [-0.05, 0) is 65.5 Å². The lowest BCUT2D eigenvalue weighted by molar-refractivity contribution is 0.137. The van der Waals surface area contributed by atoms with Gasteiger partial charge in [-0.2, -0.15) is 0 Å². The third kappa shape index (κ3) is 4.05. The number of likely N-dealkylation sites (N-methyl/N-ethyl adjacent to an activating group) is 1. The highest BCUT2D eigenvalue weighted by Gasteiger charge is 2.31. The molecule has 3 nitrogen and oxygen atoms in total. The second-order valence-electron chi connectivity index (χ2n) is 6.99. The molecule has 2 saturated heterocycles. The van der Waals surface area contributed by atoms with E-state index in [0.717, 1.165) is 12.6 Å². The van der Waals surface area contributed by atoms with Crippen LogP contribution in [0.5, 0.6) is 0 Å². The Morgan fingerprint density at radius 3 is 2.33 bits per heavy atom. The summed E-state index contributed by atoms with van der Waals surface area (Å²) in [6.07, 6.45) is 5.46. The van der Waals surface area contributed by atoms with Crippen LogP contribution in [0, 0.1) is 0 Å². The summed E-state index contributed by atoms with van der Waals surface area (Å²) in [5.74, 6) is 0. The largest absolute Gasteiger partial charge is 0.416 e. The molecule has 0 bridgehead atoms. The van der Waals surface area contributed by atoms with Crippen molar-refractivity contribution in [2.45, 2.75) is 57.4 Å². The van der Waals surface area contributed by atoms with Crippen LogP contribution in [0.1, 0.15) is 25.7 Å². The summed E-state index contributed by atoms with van der Waals surface area (Å²) >= 11 is 0. The third-order valence-electron chi connectivity index (χ3n) is 4.32. The van der Waals surface area contributed by atoms with Crippen LogP contribution in [-0.4, -0.2) is 63.5 Å². The summed E-state index contributed by atoms with van der Waals surface area (Å²) in [5, 5.41) is 0. The Hall–Kier alpha value is 0.0969. The molecule has 0 saturated carbocycles. The van der Waals surface area contributed by atoms with Crippen molar-refractivity contribution >= 4 is 8.32 Å². The van der Waals surface area contributed by atoms with E-state index >= 15 is 0 Å². The van der Waals surface area contributed by atoms with Crippen molar-refractivity contribution < 1.29 is 4.43 Å². The highest BCUT2D eigenvalue weighted by molar-refractivity contribution is 6.69. The van der Waals surface area contributed by atoms with Gasteiger partial charge in [0.05, 0.1) is 0 Å². The van der Waals surface area contributed by atoms with E-state index < -0.39 is 8.32 Å². The van der Waals surface area contributed by atoms with E-state index in [1.807, 2.05) is 0 Å². The highest BCUT2D eigenvalue weighted by atomic mass is 28.4. The zero-order valence-electron chi connectivity index (χ0n) is 12.6. The summed E-state index contributed by atoms with van der Waals surface area (Å²) in [5.41, 5.74) is 0. The van der Waals surface area contributed by atoms with Crippen molar-refractivity contribution in [1.82, 2.24) is 9.80 Å². The summed E-state index contributed by atoms with van der Waals surface area (Å²) in [6.45, 7) is 11.7. The molecule has 0 aliphatic carbocycles. The van der Waals surface area contributed by atoms with E-state index in [1.165, 1.54) is 45.3 Å². The van der Waals surface area contributed by atoms with Crippen LogP contribution in [0.15, 0.2) is 0 Å². The molecule has 0 radical (unpaired) electrons. The van der Waals surface area contributed by atoms with Crippen LogP contribution in [0.25, 0.3) is 0 Å². The molecule has 0 amide bonds. The first-order valence-electron chi connectivity index (χ1n) is 7.54. The molecule has 0 aromatic rings. The molecule has 0 unspecified atom stereocenters. The maximum Gasteiger partial charge on any atom is 0.183 e. The van der Waals surface area contributed by atoms with Crippen molar-refractivity contribution in [2.24, 2.45) is 0 Å². The zero-order valence-corrected chi connectivity index (χ0v) is 13.6. The first-order valence-corrected chi connectivity index (χ1v) is 10.9. The monoisotopic (exact) mass is 270 g/mol. The van der Waals surface area contributed by atoms with E-state index in [4.69, 9.17) is 4.43 Å². The number of likely N-dealkylation sites (tertiary alicyclic amines) is 2. The minimum Gasteiger partial charge on any atom is -0.416 e. The second kappa shape index (κ2) is 6.03. The molecule has 2 fully saturated rings. The molecule has 0 aromatic heterocycles. The molecule has 0 N–H and O–H groups in total. The SMILES string of the molecule is CN1CCC[C@H]1CN1CCC[C@@H]1CO[Si](C)(C)C. The fourth-order valence-corrected chi connectivity index (χ4v) is 3.84. The Morgan fingerprint density at radius 2 is 1.72 bits per heavy atom. The average Bonchev–Trinajstić information content (AvgIpc) is 2.86. The van der Waals surface area contributed by atoms with E-state index in [-0.39, 0.29) is 0 Å². The van der Waals surface area contributed by atoms with Gasteiger partial charge >= 0.3 is 0 Å². The lowest BCUT2D eigenvalue weighted by Crippen LogP contribution is -2.43. The van der Waals surface area contributed by atoms with E-state index in [2.05, 4.69) is 36.5 Å². The molecular formula is C14H30N2OSi. The van der Waals surface area contributed by atoms with Crippen LogP contribution in [-0.2, 0) is 4.43 Å². The Labute approximate surface area is 114 Å². The lowest BCUT2D eigenvalue weighted by atomic mass is 10.2. The molecule has 106 valence electrons. The van der Waals surface area contributed by atoms with Gasteiger partial charge < -0.3 is 9.33 Å². The van der Waals surface area contributed by atoms with Crippen LogP contribution >= 0.6 is 0 Å². The van der Waals surface area contributed by atoms with Gasteiger partial charge in [0.15, 0.2) is 8.32 Å². The smallest absolute Gasteiger partial charge is 0.183 e. The zero-order chi connectivity index (χ0) is 13.2. The molecule has 2 aliphatic rings. The Morgan fingerprint density at radius 1 is 1.06 bits per heavy atom. The highest BCUT2D eigenvalue weighted by Crippen LogP contribution is 2.23. The summed E-state index contributed by atoms with van der Waals surface area (Å²) < 4.78 is 6.12. The first kappa shape index (κ1) is 14.5. The van der Waals surface area contributed by atoms with Gasteiger partial charge in [0.25, 0.3) is 0 Å². The molecule has 2 rings (SSSR count). The van der Waals surface area contributed by atoms with Gasteiger partial charge in [0, 0.05) is 25.2 Å². The summed E-state index contributed by atoms with van der Waals surface area (Å²) in [4.78, 5) is 5.22. The maximum atomic E-state index is 6.12. The Bertz CT molecular complexity index is 267. The van der Waals surface area contributed by atoms with Crippen LogP contribution in [0.2, 0.25) is 19.6 Å². The predicted octanol–water partition coefficient (Wildman–Crippen LogP) is 2.40. The predicted molar refractivity (Wildman–Crippen MR) is 79.5 cm³/mol. The molecule has 0 aromatic carbocycles. The lowest BCUT2D eigenvalue weighted by Gasteiger charge is -2.31. The molecule has 2 heterocycles. The van der Waals surface area contributed by atoms with Gasteiger partial charge in [-0.3, -0.25) is 4.90 Å². The van der Waals surface area contributed by atoms with E-state index in [0.29, 0.717) is 6.04 Å². The molecule has 2 atom stereocenters. The maximum absolute atomic E-state index is 6.12. The summed E-state index contributed by atoms with van der Waals surface area (Å²) in [6, 6.07) is 1.48. The minimum absolute atomic E-state index is 0.686. The van der Waals surface area contributed by atoms with Gasteiger partial charge in [-0.1, -0.05) is 0 Å². The Balaban J connectivity index is 1.80. The minimum atomic E-state index is -1.35. The topological polar surface area (TPSA) is 15.7 Å². The number of rotatable bonds is 5. The molecule has 18 heavy (non-hydrogen) atoms. The standard InChI is InChI=1S/C14H30N2OSi/c1-15-9-5-7-13(15)11-16-10-6-8-14(16)12-17-18(2,3)4/h13-14H,5-12H2,1-4H3/t13-,14+/m0/s1. The third-order valence-corrected chi connectivity index (χ3v) is 5.36. The van der Waals surface area contributed by atoms with E-state index in [9.17, 15) is 0 Å². The fourth-order valence-electron chi connectivity index (χ4n) is 3.15. The van der Waals surface area contributed by atoms with Gasteiger partial charge in [0.1, 0.15) is 0 Å². The van der Waals surface area contributed by atoms with Crippen LogP contribution in [0.4, 0.5) is 0 Å². The second-order valence-corrected chi connectivity index (χ2v) is 11.5. The normalized spacial score (nSPS) is 31.3. The fraction of sp³-hybridized carbons (Fsp3) is 1.00. The van der Waals surface area contributed by atoms with Gasteiger partial charge in [-0.25, -0.2) is 0 Å². The van der Waals surface area contributed by atoms with Crippen molar-refractivity contribution in [1.29, 1.82) is 0 Å². The van der Waals surface area contributed by atoms with Crippen molar-refractivity contribution in [3.63, 3.8) is 0 Å². The number of hydrogen-bond acceptors (Lipinski definition) is 3. The Kier molecular flexibility index (Phi) is 4.86. The van der Waals surface area contributed by atoms with Crippen molar-refractivity contribution in [3.8, 4) is 0 Å². The van der Waals surface area contributed by atoms with Crippen molar-refractivity contribution in [3.05, 3.63) is 0 Å². The van der Waals surface area contributed by atoms with Gasteiger partial charge in [0.2, 0.25) is 0 Å². The van der Waals surface area contributed by atoms with Gasteiger partial charge in [-0.15, -0.1) is 0 Å². The van der Waals surface area contributed by atoms with Crippen LogP contribution < -0.4 is 0 Å². The molecule has 4 heteroatoms. The summed E-state index contributed by atoms with van der Waals surface area (Å²) in [7, 11) is 0.930. The number of hydrogen-bond donors (Lipinski definition) is 0. The molecular weight excluding hydrogens is 240 g/mol. The molecule has 0 spiro atoms. The number of nitrogens with zero attached hydrogens (tertiary/aromatic N) is 2. The first-order chi connectivity index (χ1) is 8.46.